The van der Waals surface area contributed by atoms with Gasteiger partial charge in [-0.05, 0) is 48.7 Å². The summed E-state index contributed by atoms with van der Waals surface area (Å²) in [4.78, 5) is 14.1. The molecule has 2 amide bonds. The van der Waals surface area contributed by atoms with Gasteiger partial charge in [0, 0.05) is 25.8 Å². The molecule has 7 nitrogen and oxygen atoms in total. The SMILES string of the molecule is CCCNC(=O)N1CCc2cc(S(=O)(=O)N(C)Cc3ccco3)ccc21. The molecule has 0 aliphatic carbocycles. The summed E-state index contributed by atoms with van der Waals surface area (Å²) in [6, 6.07) is 8.25. The zero-order valence-electron chi connectivity index (χ0n) is 14.9. The van der Waals surface area contributed by atoms with E-state index in [0.717, 1.165) is 17.7 Å². The number of urea groups is 1. The highest BCUT2D eigenvalue weighted by Crippen LogP contribution is 2.31. The Morgan fingerprint density at radius 1 is 1.35 bits per heavy atom. The molecule has 2 aromatic rings. The third-order valence-electron chi connectivity index (χ3n) is 4.38. The normalized spacial score (nSPS) is 13.9. The number of nitrogens with one attached hydrogen (secondary N) is 1. The van der Waals surface area contributed by atoms with E-state index in [4.69, 9.17) is 4.42 Å². The number of fused-ring (bicyclic) bond motifs is 1. The van der Waals surface area contributed by atoms with Gasteiger partial charge in [0.15, 0.2) is 0 Å². The molecule has 3 rings (SSSR count). The fraction of sp³-hybridized carbons (Fsp3) is 0.389. The van der Waals surface area contributed by atoms with Crippen LogP contribution in [0.5, 0.6) is 0 Å². The second-order valence-corrected chi connectivity index (χ2v) is 8.31. The first-order chi connectivity index (χ1) is 12.4. The molecule has 2 heterocycles. The van der Waals surface area contributed by atoms with Crippen molar-refractivity contribution in [3.8, 4) is 0 Å². The highest BCUT2D eigenvalue weighted by Gasteiger charge is 2.28. The highest BCUT2D eigenvalue weighted by molar-refractivity contribution is 7.89. The maximum Gasteiger partial charge on any atom is 0.321 e. The smallest absolute Gasteiger partial charge is 0.321 e. The first kappa shape index (κ1) is 18.5. The van der Waals surface area contributed by atoms with Crippen molar-refractivity contribution in [3.05, 3.63) is 47.9 Å². The minimum absolute atomic E-state index is 0.142. The second kappa shape index (κ2) is 7.51. The molecule has 1 aromatic heterocycles. The summed E-state index contributed by atoms with van der Waals surface area (Å²) in [6.07, 6.45) is 3.02. The standard InChI is InChI=1S/C18H23N3O4S/c1-3-9-19-18(22)21-10-8-14-12-16(6-7-17(14)21)26(23,24)20(2)13-15-5-4-11-25-15/h4-7,11-12H,3,8-10,13H2,1-2H3,(H,19,22). The molecule has 140 valence electrons. The van der Waals surface area contributed by atoms with Crippen LogP contribution in [0.3, 0.4) is 0 Å². The fourth-order valence-electron chi connectivity index (χ4n) is 2.96. The molecule has 1 aliphatic heterocycles. The molecule has 0 bridgehead atoms. The van der Waals surface area contributed by atoms with Crippen LogP contribution in [0.25, 0.3) is 0 Å². The number of nitrogens with zero attached hydrogens (tertiary/aromatic N) is 2. The predicted molar refractivity (Wildman–Crippen MR) is 98.5 cm³/mol. The summed E-state index contributed by atoms with van der Waals surface area (Å²) in [7, 11) is -2.11. The number of rotatable bonds is 6. The average molecular weight is 377 g/mol. The van der Waals surface area contributed by atoms with Crippen LogP contribution in [0, 0.1) is 0 Å². The number of sulfonamides is 1. The summed E-state index contributed by atoms with van der Waals surface area (Å²) in [6.45, 7) is 3.33. The Hall–Kier alpha value is -2.32. The summed E-state index contributed by atoms with van der Waals surface area (Å²) < 4.78 is 32.1. The van der Waals surface area contributed by atoms with Crippen LogP contribution >= 0.6 is 0 Å². The quantitative estimate of drug-likeness (QED) is 0.839. The van der Waals surface area contributed by atoms with Crippen LogP contribution in [0.4, 0.5) is 10.5 Å². The molecular weight excluding hydrogens is 354 g/mol. The summed E-state index contributed by atoms with van der Waals surface area (Å²) in [5.41, 5.74) is 1.63. The van der Waals surface area contributed by atoms with E-state index in [9.17, 15) is 13.2 Å². The van der Waals surface area contributed by atoms with Crippen LogP contribution in [-0.4, -0.2) is 38.9 Å². The van der Waals surface area contributed by atoms with Crippen LogP contribution in [0.2, 0.25) is 0 Å². The number of hydrogen-bond acceptors (Lipinski definition) is 4. The molecule has 1 aliphatic rings. The largest absolute Gasteiger partial charge is 0.468 e. The molecule has 26 heavy (non-hydrogen) atoms. The minimum atomic E-state index is -3.63. The molecule has 0 fully saturated rings. The van der Waals surface area contributed by atoms with Gasteiger partial charge in [0.1, 0.15) is 5.76 Å². The molecule has 1 aromatic carbocycles. The van der Waals surface area contributed by atoms with Crippen molar-refractivity contribution in [2.24, 2.45) is 0 Å². The molecular formula is C18H23N3O4S. The molecule has 0 saturated carbocycles. The van der Waals surface area contributed by atoms with Crippen molar-refractivity contribution < 1.29 is 17.6 Å². The Morgan fingerprint density at radius 2 is 2.15 bits per heavy atom. The minimum Gasteiger partial charge on any atom is -0.468 e. The van der Waals surface area contributed by atoms with Crippen LogP contribution in [-0.2, 0) is 23.0 Å². The van der Waals surface area contributed by atoms with Gasteiger partial charge in [-0.2, -0.15) is 4.31 Å². The van der Waals surface area contributed by atoms with E-state index in [0.29, 0.717) is 25.3 Å². The van der Waals surface area contributed by atoms with E-state index in [1.54, 1.807) is 35.2 Å². The Balaban J connectivity index is 1.79. The fourth-order valence-corrected chi connectivity index (χ4v) is 4.15. The Kier molecular flexibility index (Phi) is 5.33. The third kappa shape index (κ3) is 3.61. The van der Waals surface area contributed by atoms with Crippen LogP contribution < -0.4 is 10.2 Å². The van der Waals surface area contributed by atoms with Crippen molar-refractivity contribution in [2.45, 2.75) is 31.2 Å². The lowest BCUT2D eigenvalue weighted by Gasteiger charge is -2.19. The zero-order chi connectivity index (χ0) is 18.7. The van der Waals surface area contributed by atoms with Crippen LogP contribution in [0.1, 0.15) is 24.7 Å². The molecule has 0 radical (unpaired) electrons. The maximum atomic E-state index is 12.8. The number of anilines is 1. The number of amides is 2. The topological polar surface area (TPSA) is 82.9 Å². The van der Waals surface area contributed by atoms with Gasteiger partial charge in [-0.3, -0.25) is 4.90 Å². The predicted octanol–water partition coefficient (Wildman–Crippen LogP) is 2.58. The molecule has 0 saturated heterocycles. The van der Waals surface area contributed by atoms with Gasteiger partial charge in [0.25, 0.3) is 0 Å². The number of benzene rings is 1. The average Bonchev–Trinajstić information content (AvgIpc) is 3.28. The van der Waals surface area contributed by atoms with E-state index in [1.165, 1.54) is 17.6 Å². The lowest BCUT2D eigenvalue weighted by molar-refractivity contribution is 0.247. The van der Waals surface area contributed by atoms with Crippen molar-refractivity contribution in [1.82, 2.24) is 9.62 Å². The van der Waals surface area contributed by atoms with E-state index in [-0.39, 0.29) is 17.5 Å². The number of hydrogen-bond donors (Lipinski definition) is 1. The van der Waals surface area contributed by atoms with E-state index in [2.05, 4.69) is 5.32 Å². The van der Waals surface area contributed by atoms with Crippen molar-refractivity contribution in [3.63, 3.8) is 0 Å². The van der Waals surface area contributed by atoms with Crippen molar-refractivity contribution in [1.29, 1.82) is 0 Å². The van der Waals surface area contributed by atoms with Crippen molar-refractivity contribution >= 4 is 21.7 Å². The van der Waals surface area contributed by atoms with Gasteiger partial charge in [0.05, 0.1) is 17.7 Å². The van der Waals surface area contributed by atoms with Gasteiger partial charge >= 0.3 is 6.03 Å². The van der Waals surface area contributed by atoms with Gasteiger partial charge < -0.3 is 9.73 Å². The van der Waals surface area contributed by atoms with E-state index in [1.807, 2.05) is 6.92 Å². The molecule has 1 N–H and O–H groups in total. The lowest BCUT2D eigenvalue weighted by Crippen LogP contribution is -2.39. The Bertz CT molecular complexity index is 878. The maximum absolute atomic E-state index is 12.8. The highest BCUT2D eigenvalue weighted by atomic mass is 32.2. The van der Waals surface area contributed by atoms with E-state index < -0.39 is 10.0 Å². The lowest BCUT2D eigenvalue weighted by atomic mass is 10.2. The summed E-state index contributed by atoms with van der Waals surface area (Å²) >= 11 is 0. The Morgan fingerprint density at radius 3 is 2.85 bits per heavy atom. The summed E-state index contributed by atoms with van der Waals surface area (Å²) in [5.74, 6) is 0.580. The first-order valence-corrected chi connectivity index (χ1v) is 10.0. The molecule has 8 heteroatoms. The third-order valence-corrected chi connectivity index (χ3v) is 6.18. The molecule has 0 atom stereocenters. The number of carbonyl (C=O) groups excluding carboxylic acids is 1. The van der Waals surface area contributed by atoms with Gasteiger partial charge in [-0.15, -0.1) is 0 Å². The van der Waals surface area contributed by atoms with Gasteiger partial charge in [-0.1, -0.05) is 6.92 Å². The van der Waals surface area contributed by atoms with Gasteiger partial charge in [0.2, 0.25) is 10.0 Å². The Labute approximate surface area is 153 Å². The second-order valence-electron chi connectivity index (χ2n) is 6.26. The van der Waals surface area contributed by atoms with E-state index >= 15 is 0 Å². The molecule has 0 unspecified atom stereocenters. The van der Waals surface area contributed by atoms with Crippen molar-refractivity contribution in [2.75, 3.05) is 25.0 Å². The van der Waals surface area contributed by atoms with Gasteiger partial charge in [-0.25, -0.2) is 13.2 Å². The van der Waals surface area contributed by atoms with Crippen LogP contribution in [0.15, 0.2) is 45.9 Å². The number of carbonyl (C=O) groups is 1. The molecule has 0 spiro atoms. The number of furan rings is 1. The first-order valence-electron chi connectivity index (χ1n) is 8.60. The monoisotopic (exact) mass is 377 g/mol. The zero-order valence-corrected chi connectivity index (χ0v) is 15.8. The summed E-state index contributed by atoms with van der Waals surface area (Å²) in [5, 5.41) is 2.85.